The van der Waals surface area contributed by atoms with Gasteiger partial charge in [-0.15, -0.1) is 0 Å². The number of amides is 1. The van der Waals surface area contributed by atoms with Gasteiger partial charge in [-0.3, -0.25) is 9.59 Å². The smallest absolute Gasteiger partial charge is 0.228 e. The quantitative estimate of drug-likeness (QED) is 0.780. The van der Waals surface area contributed by atoms with Crippen LogP contribution in [0.15, 0.2) is 16.6 Å². The van der Waals surface area contributed by atoms with E-state index < -0.39 is 0 Å². The summed E-state index contributed by atoms with van der Waals surface area (Å²) >= 11 is 3.30. The van der Waals surface area contributed by atoms with Gasteiger partial charge in [-0.25, -0.2) is 0 Å². The Morgan fingerprint density at radius 1 is 1.50 bits per heavy atom. The number of nitrogens with one attached hydrogen (secondary N) is 1. The number of rotatable bonds is 1. The number of hydrogen-bond acceptors (Lipinski definition) is 2. The van der Waals surface area contributed by atoms with Crippen molar-refractivity contribution in [3.05, 3.63) is 27.7 Å². The van der Waals surface area contributed by atoms with E-state index in [2.05, 4.69) is 21.2 Å². The molecule has 1 aliphatic heterocycles. The molecule has 0 radical (unpaired) electrons. The molecule has 0 saturated carbocycles. The Hall–Kier alpha value is -1.16. The van der Waals surface area contributed by atoms with E-state index in [-0.39, 0.29) is 11.7 Å². The van der Waals surface area contributed by atoms with E-state index in [0.29, 0.717) is 12.0 Å². The molecule has 1 aromatic rings. The fourth-order valence-electron chi connectivity index (χ4n) is 1.52. The molecule has 1 aromatic carbocycles. The average Bonchev–Trinajstić information content (AvgIpc) is 2.42. The van der Waals surface area contributed by atoms with Crippen LogP contribution in [-0.4, -0.2) is 11.7 Å². The summed E-state index contributed by atoms with van der Waals surface area (Å²) in [5, 5.41) is 2.72. The molecule has 0 fully saturated rings. The minimum atomic E-state index is -0.0207. The number of carbonyl (C=O) groups is 2. The van der Waals surface area contributed by atoms with Gasteiger partial charge in [-0.1, -0.05) is 0 Å². The van der Waals surface area contributed by atoms with Crippen LogP contribution in [0.2, 0.25) is 0 Å². The zero-order valence-corrected chi connectivity index (χ0v) is 9.14. The summed E-state index contributed by atoms with van der Waals surface area (Å²) in [5.74, 6) is -0.0216. The number of halogens is 1. The maximum Gasteiger partial charge on any atom is 0.228 e. The van der Waals surface area contributed by atoms with E-state index in [1.807, 2.05) is 0 Å². The van der Waals surface area contributed by atoms with E-state index in [1.54, 1.807) is 12.1 Å². The molecule has 14 heavy (non-hydrogen) atoms. The van der Waals surface area contributed by atoms with Crippen molar-refractivity contribution in [3.63, 3.8) is 0 Å². The zero-order valence-electron chi connectivity index (χ0n) is 7.56. The van der Waals surface area contributed by atoms with Crippen LogP contribution in [0, 0.1) is 0 Å². The van der Waals surface area contributed by atoms with Crippen molar-refractivity contribution in [2.24, 2.45) is 0 Å². The average molecular weight is 254 g/mol. The first-order chi connectivity index (χ1) is 6.58. The SMILES string of the molecule is CC(=O)c1cc2c(cc1Br)NC(=O)C2. The van der Waals surface area contributed by atoms with Gasteiger partial charge < -0.3 is 5.32 Å². The number of benzene rings is 1. The highest BCUT2D eigenvalue weighted by molar-refractivity contribution is 9.10. The van der Waals surface area contributed by atoms with Crippen molar-refractivity contribution in [1.29, 1.82) is 0 Å². The van der Waals surface area contributed by atoms with Crippen LogP contribution in [-0.2, 0) is 11.2 Å². The van der Waals surface area contributed by atoms with Crippen molar-refractivity contribution in [2.45, 2.75) is 13.3 Å². The van der Waals surface area contributed by atoms with Crippen LogP contribution in [0.25, 0.3) is 0 Å². The highest BCUT2D eigenvalue weighted by Crippen LogP contribution is 2.30. The molecule has 4 heteroatoms. The maximum absolute atomic E-state index is 11.2. The molecular formula is C10H8BrNO2. The molecule has 0 aliphatic carbocycles. The molecule has 1 amide bonds. The second kappa shape index (κ2) is 3.20. The summed E-state index contributed by atoms with van der Waals surface area (Å²) < 4.78 is 0.728. The molecule has 0 bridgehead atoms. The van der Waals surface area contributed by atoms with E-state index in [9.17, 15) is 9.59 Å². The van der Waals surface area contributed by atoms with Crippen LogP contribution in [0.1, 0.15) is 22.8 Å². The molecule has 72 valence electrons. The lowest BCUT2D eigenvalue weighted by Crippen LogP contribution is -2.03. The lowest BCUT2D eigenvalue weighted by molar-refractivity contribution is -0.115. The number of hydrogen-bond donors (Lipinski definition) is 1. The van der Waals surface area contributed by atoms with Crippen molar-refractivity contribution in [2.75, 3.05) is 5.32 Å². The van der Waals surface area contributed by atoms with Gasteiger partial charge in [0.15, 0.2) is 5.78 Å². The first-order valence-electron chi connectivity index (χ1n) is 4.21. The number of Topliss-reactive ketones (excluding diaryl/α,β-unsaturated/α-hetero) is 1. The molecule has 0 saturated heterocycles. The predicted octanol–water partition coefficient (Wildman–Crippen LogP) is 2.15. The first-order valence-corrected chi connectivity index (χ1v) is 5.00. The molecule has 1 aliphatic rings. The standard InChI is InChI=1S/C10H8BrNO2/c1-5(13)7-2-6-3-10(14)12-9(6)4-8(7)11/h2,4H,3H2,1H3,(H,12,14). The van der Waals surface area contributed by atoms with Gasteiger partial charge in [-0.05, 0) is 40.5 Å². The third-order valence-corrected chi connectivity index (χ3v) is 2.85. The van der Waals surface area contributed by atoms with Gasteiger partial charge in [0.05, 0.1) is 6.42 Å². The Balaban J connectivity index is 2.55. The number of anilines is 1. The number of ketones is 1. The van der Waals surface area contributed by atoms with Crippen LogP contribution in [0.3, 0.4) is 0 Å². The topological polar surface area (TPSA) is 46.2 Å². The molecule has 0 atom stereocenters. The van der Waals surface area contributed by atoms with Crippen molar-refractivity contribution in [3.8, 4) is 0 Å². The lowest BCUT2D eigenvalue weighted by atomic mass is 10.1. The van der Waals surface area contributed by atoms with E-state index in [4.69, 9.17) is 0 Å². The van der Waals surface area contributed by atoms with E-state index >= 15 is 0 Å². The summed E-state index contributed by atoms with van der Waals surface area (Å²) in [5.41, 5.74) is 2.32. The number of carbonyl (C=O) groups excluding carboxylic acids is 2. The first kappa shape index (κ1) is 9.40. The summed E-state index contributed by atoms with van der Waals surface area (Å²) in [4.78, 5) is 22.3. The van der Waals surface area contributed by atoms with Gasteiger partial charge in [0.2, 0.25) is 5.91 Å². The van der Waals surface area contributed by atoms with Crippen LogP contribution in [0.5, 0.6) is 0 Å². The maximum atomic E-state index is 11.2. The Kier molecular flexibility index (Phi) is 2.15. The number of fused-ring (bicyclic) bond motifs is 1. The molecule has 0 spiro atoms. The third-order valence-electron chi connectivity index (χ3n) is 2.20. The molecule has 1 N–H and O–H groups in total. The Morgan fingerprint density at radius 2 is 2.21 bits per heavy atom. The molecular weight excluding hydrogens is 246 g/mol. The molecule has 0 unspecified atom stereocenters. The van der Waals surface area contributed by atoms with Gasteiger partial charge in [0.1, 0.15) is 0 Å². The fourth-order valence-corrected chi connectivity index (χ4v) is 2.14. The van der Waals surface area contributed by atoms with E-state index in [0.717, 1.165) is 15.7 Å². The third kappa shape index (κ3) is 1.46. The lowest BCUT2D eigenvalue weighted by Gasteiger charge is -2.03. The second-order valence-corrected chi connectivity index (χ2v) is 4.12. The van der Waals surface area contributed by atoms with Crippen molar-refractivity contribution < 1.29 is 9.59 Å². The molecule has 2 rings (SSSR count). The minimum absolute atomic E-state index is 0.000904. The summed E-state index contributed by atoms with van der Waals surface area (Å²) in [6.45, 7) is 1.51. The van der Waals surface area contributed by atoms with Crippen LogP contribution < -0.4 is 5.32 Å². The Labute approximate surface area is 89.6 Å². The summed E-state index contributed by atoms with van der Waals surface area (Å²) in [6, 6.07) is 3.54. The molecule has 1 heterocycles. The zero-order chi connectivity index (χ0) is 10.3. The largest absolute Gasteiger partial charge is 0.325 e. The highest BCUT2D eigenvalue weighted by Gasteiger charge is 2.20. The predicted molar refractivity (Wildman–Crippen MR) is 56.5 cm³/mol. The second-order valence-electron chi connectivity index (χ2n) is 3.27. The van der Waals surface area contributed by atoms with Gasteiger partial charge in [-0.2, -0.15) is 0 Å². The Morgan fingerprint density at radius 3 is 2.86 bits per heavy atom. The summed E-state index contributed by atoms with van der Waals surface area (Å²) in [7, 11) is 0. The summed E-state index contributed by atoms with van der Waals surface area (Å²) in [6.07, 6.45) is 0.364. The van der Waals surface area contributed by atoms with E-state index in [1.165, 1.54) is 6.92 Å². The van der Waals surface area contributed by atoms with Crippen molar-refractivity contribution in [1.82, 2.24) is 0 Å². The van der Waals surface area contributed by atoms with Gasteiger partial charge in [0, 0.05) is 15.7 Å². The highest BCUT2D eigenvalue weighted by atomic mass is 79.9. The van der Waals surface area contributed by atoms with Crippen LogP contribution >= 0.6 is 15.9 Å². The van der Waals surface area contributed by atoms with Gasteiger partial charge in [0.25, 0.3) is 0 Å². The fraction of sp³-hybridized carbons (Fsp3) is 0.200. The normalized spacial score (nSPS) is 13.7. The molecule has 3 nitrogen and oxygen atoms in total. The van der Waals surface area contributed by atoms with Gasteiger partial charge >= 0.3 is 0 Å². The minimum Gasteiger partial charge on any atom is -0.325 e. The monoisotopic (exact) mass is 253 g/mol. The van der Waals surface area contributed by atoms with Crippen molar-refractivity contribution >= 4 is 33.3 Å². The van der Waals surface area contributed by atoms with Crippen LogP contribution in [0.4, 0.5) is 5.69 Å². The Bertz CT molecular complexity index is 440. The molecule has 0 aromatic heterocycles.